The molecular formula is C15H18N2OS. The molecule has 0 bridgehead atoms. The summed E-state index contributed by atoms with van der Waals surface area (Å²) in [5.41, 5.74) is 5.97. The van der Waals surface area contributed by atoms with E-state index in [1.165, 1.54) is 4.88 Å². The molecule has 100 valence electrons. The topological polar surface area (TPSA) is 55.1 Å². The maximum atomic E-state index is 12.2. The van der Waals surface area contributed by atoms with Crippen molar-refractivity contribution in [2.24, 2.45) is 5.73 Å². The number of amides is 1. The number of hydrogen-bond acceptors (Lipinski definition) is 3. The van der Waals surface area contributed by atoms with Crippen LogP contribution in [0.4, 0.5) is 0 Å². The lowest BCUT2D eigenvalue weighted by Gasteiger charge is -2.24. The molecule has 1 unspecified atom stereocenters. The summed E-state index contributed by atoms with van der Waals surface area (Å²) >= 11 is 1.70. The van der Waals surface area contributed by atoms with Crippen LogP contribution in [0.5, 0.6) is 0 Å². The summed E-state index contributed by atoms with van der Waals surface area (Å²) in [4.78, 5) is 13.4. The molecule has 1 atom stereocenters. The molecule has 3 N–H and O–H groups in total. The predicted molar refractivity (Wildman–Crippen MR) is 79.0 cm³/mol. The highest BCUT2D eigenvalue weighted by Crippen LogP contribution is 2.17. The molecule has 0 fully saturated rings. The average Bonchev–Trinajstić information content (AvgIpc) is 2.93. The first-order chi connectivity index (χ1) is 9.10. The minimum absolute atomic E-state index is 0.143. The molecule has 2 aromatic rings. The van der Waals surface area contributed by atoms with Crippen molar-refractivity contribution >= 4 is 17.2 Å². The minimum atomic E-state index is -0.989. The van der Waals surface area contributed by atoms with Crippen molar-refractivity contribution in [3.8, 4) is 0 Å². The van der Waals surface area contributed by atoms with Crippen LogP contribution in [-0.2, 0) is 16.8 Å². The Bertz CT molecular complexity index is 520. The van der Waals surface area contributed by atoms with Crippen LogP contribution in [0.2, 0.25) is 0 Å². The lowest BCUT2D eigenvalue weighted by atomic mass is 9.92. The van der Waals surface area contributed by atoms with E-state index in [2.05, 4.69) is 11.4 Å². The SMILES string of the molecule is CC(N)(C(=O)NCCc1cccs1)c1ccccc1. The van der Waals surface area contributed by atoms with E-state index in [4.69, 9.17) is 5.73 Å². The Morgan fingerprint density at radius 1 is 1.26 bits per heavy atom. The zero-order valence-electron chi connectivity index (χ0n) is 10.9. The van der Waals surface area contributed by atoms with Crippen LogP contribution in [0, 0.1) is 0 Å². The Kier molecular flexibility index (Phi) is 4.35. The Morgan fingerprint density at radius 2 is 2.00 bits per heavy atom. The fraction of sp³-hybridized carbons (Fsp3) is 0.267. The fourth-order valence-corrected chi connectivity index (χ4v) is 2.56. The van der Waals surface area contributed by atoms with Crippen LogP contribution >= 0.6 is 11.3 Å². The second-order valence-corrected chi connectivity index (χ2v) is 5.69. The molecule has 4 heteroatoms. The third kappa shape index (κ3) is 3.43. The summed E-state index contributed by atoms with van der Waals surface area (Å²) in [6.07, 6.45) is 0.842. The number of carbonyl (C=O) groups is 1. The third-order valence-electron chi connectivity index (χ3n) is 3.08. The second-order valence-electron chi connectivity index (χ2n) is 4.65. The second kappa shape index (κ2) is 5.99. The van der Waals surface area contributed by atoms with Gasteiger partial charge in [-0.25, -0.2) is 0 Å². The molecular weight excluding hydrogens is 256 g/mol. The average molecular weight is 274 g/mol. The van der Waals surface area contributed by atoms with E-state index >= 15 is 0 Å². The Labute approximate surface area is 117 Å². The number of rotatable bonds is 5. The summed E-state index contributed by atoms with van der Waals surface area (Å²) in [5, 5.41) is 4.94. The molecule has 0 aliphatic carbocycles. The van der Waals surface area contributed by atoms with E-state index in [1.807, 2.05) is 41.8 Å². The summed E-state index contributed by atoms with van der Waals surface area (Å²) < 4.78 is 0. The van der Waals surface area contributed by atoms with E-state index in [0.29, 0.717) is 6.54 Å². The molecule has 0 saturated heterocycles. The van der Waals surface area contributed by atoms with Crippen molar-refractivity contribution in [3.63, 3.8) is 0 Å². The van der Waals surface area contributed by atoms with Crippen LogP contribution < -0.4 is 11.1 Å². The minimum Gasteiger partial charge on any atom is -0.354 e. The van der Waals surface area contributed by atoms with E-state index in [-0.39, 0.29) is 5.91 Å². The lowest BCUT2D eigenvalue weighted by molar-refractivity contribution is -0.126. The van der Waals surface area contributed by atoms with Gasteiger partial charge >= 0.3 is 0 Å². The van der Waals surface area contributed by atoms with Crippen LogP contribution in [-0.4, -0.2) is 12.5 Å². The third-order valence-corrected chi connectivity index (χ3v) is 4.02. The highest BCUT2D eigenvalue weighted by molar-refractivity contribution is 7.09. The number of nitrogens with one attached hydrogen (secondary N) is 1. The number of benzene rings is 1. The van der Waals surface area contributed by atoms with E-state index in [0.717, 1.165) is 12.0 Å². The number of hydrogen-bond donors (Lipinski definition) is 2. The van der Waals surface area contributed by atoms with Crippen LogP contribution in [0.3, 0.4) is 0 Å². The van der Waals surface area contributed by atoms with Gasteiger partial charge in [0.15, 0.2) is 0 Å². The van der Waals surface area contributed by atoms with Crippen LogP contribution in [0.15, 0.2) is 47.8 Å². The monoisotopic (exact) mass is 274 g/mol. The molecule has 0 saturated carbocycles. The van der Waals surface area contributed by atoms with Crippen LogP contribution in [0.1, 0.15) is 17.4 Å². The number of nitrogens with two attached hydrogens (primary N) is 1. The van der Waals surface area contributed by atoms with E-state index in [9.17, 15) is 4.79 Å². The normalized spacial score (nSPS) is 13.8. The highest BCUT2D eigenvalue weighted by Gasteiger charge is 2.29. The van der Waals surface area contributed by atoms with Gasteiger partial charge in [-0.1, -0.05) is 36.4 Å². The predicted octanol–water partition coefficient (Wildman–Crippen LogP) is 2.28. The molecule has 19 heavy (non-hydrogen) atoms. The maximum Gasteiger partial charge on any atom is 0.244 e. The largest absolute Gasteiger partial charge is 0.354 e. The van der Waals surface area contributed by atoms with Crippen molar-refractivity contribution < 1.29 is 4.79 Å². The lowest BCUT2D eigenvalue weighted by Crippen LogP contribution is -2.49. The zero-order chi connectivity index (χ0) is 13.7. The van der Waals surface area contributed by atoms with E-state index < -0.39 is 5.54 Å². The Hall–Kier alpha value is -1.65. The molecule has 2 rings (SSSR count). The van der Waals surface area contributed by atoms with Gasteiger partial charge in [0.05, 0.1) is 0 Å². The standard InChI is InChI=1S/C15H18N2OS/c1-15(16,12-6-3-2-4-7-12)14(18)17-10-9-13-8-5-11-19-13/h2-8,11H,9-10,16H2,1H3,(H,17,18). The fourth-order valence-electron chi connectivity index (χ4n) is 1.85. The van der Waals surface area contributed by atoms with Crippen molar-refractivity contribution in [3.05, 3.63) is 58.3 Å². The number of thiophene rings is 1. The summed E-state index contributed by atoms with van der Waals surface area (Å²) in [5.74, 6) is -0.143. The summed E-state index contributed by atoms with van der Waals surface area (Å²) in [7, 11) is 0. The molecule has 1 aromatic carbocycles. The van der Waals surface area contributed by atoms with Gasteiger partial charge in [0.1, 0.15) is 5.54 Å². The van der Waals surface area contributed by atoms with Gasteiger partial charge in [0.25, 0.3) is 0 Å². The molecule has 0 aliphatic heterocycles. The zero-order valence-corrected chi connectivity index (χ0v) is 11.7. The molecule has 1 amide bonds. The van der Waals surface area contributed by atoms with Gasteiger partial charge in [-0.3, -0.25) is 4.79 Å². The van der Waals surface area contributed by atoms with Crippen molar-refractivity contribution in [2.45, 2.75) is 18.9 Å². The first kappa shape index (κ1) is 13.8. The van der Waals surface area contributed by atoms with Gasteiger partial charge in [0, 0.05) is 11.4 Å². The smallest absolute Gasteiger partial charge is 0.244 e. The summed E-state index contributed by atoms with van der Waals surface area (Å²) in [6.45, 7) is 2.35. The van der Waals surface area contributed by atoms with Crippen LogP contribution in [0.25, 0.3) is 0 Å². The maximum absolute atomic E-state index is 12.2. The van der Waals surface area contributed by atoms with Gasteiger partial charge in [-0.2, -0.15) is 0 Å². The molecule has 0 aliphatic rings. The quantitative estimate of drug-likeness (QED) is 0.879. The van der Waals surface area contributed by atoms with E-state index in [1.54, 1.807) is 18.3 Å². The molecule has 3 nitrogen and oxygen atoms in total. The molecule has 1 aromatic heterocycles. The van der Waals surface area contributed by atoms with Crippen molar-refractivity contribution in [2.75, 3.05) is 6.54 Å². The summed E-state index contributed by atoms with van der Waals surface area (Å²) in [6, 6.07) is 13.5. The first-order valence-corrected chi connectivity index (χ1v) is 7.14. The molecule has 0 spiro atoms. The van der Waals surface area contributed by atoms with Crippen molar-refractivity contribution in [1.82, 2.24) is 5.32 Å². The Balaban J connectivity index is 1.92. The number of carbonyl (C=O) groups excluding carboxylic acids is 1. The van der Waals surface area contributed by atoms with Crippen molar-refractivity contribution in [1.29, 1.82) is 0 Å². The first-order valence-electron chi connectivity index (χ1n) is 6.26. The van der Waals surface area contributed by atoms with Gasteiger partial charge in [-0.15, -0.1) is 11.3 Å². The van der Waals surface area contributed by atoms with Gasteiger partial charge in [0.2, 0.25) is 5.91 Å². The Morgan fingerprint density at radius 3 is 2.63 bits per heavy atom. The highest BCUT2D eigenvalue weighted by atomic mass is 32.1. The van der Waals surface area contributed by atoms with Gasteiger partial charge < -0.3 is 11.1 Å². The molecule has 0 radical (unpaired) electrons. The molecule has 1 heterocycles. The van der Waals surface area contributed by atoms with Gasteiger partial charge in [-0.05, 0) is 30.4 Å².